The van der Waals surface area contributed by atoms with E-state index in [4.69, 9.17) is 4.74 Å². The fourth-order valence-electron chi connectivity index (χ4n) is 4.07. The van der Waals surface area contributed by atoms with Crippen molar-refractivity contribution >= 4 is 17.2 Å². The molecule has 0 unspecified atom stereocenters. The van der Waals surface area contributed by atoms with Crippen LogP contribution in [-0.4, -0.2) is 39.0 Å². The maximum absolute atomic E-state index is 12.8. The molecule has 2 aliphatic heterocycles. The first kappa shape index (κ1) is 16.7. The van der Waals surface area contributed by atoms with E-state index in [1.165, 1.54) is 0 Å². The van der Waals surface area contributed by atoms with Crippen molar-refractivity contribution in [3.05, 3.63) is 64.2 Å². The van der Waals surface area contributed by atoms with E-state index in [-0.39, 0.29) is 11.5 Å². The molecule has 0 saturated carbocycles. The molecule has 3 aromatic rings. The zero-order valence-electron chi connectivity index (χ0n) is 15.2. The number of nitrogens with zero attached hydrogens (tertiary/aromatic N) is 3. The number of hydrogen-bond donors (Lipinski definition) is 0. The fourth-order valence-corrected chi connectivity index (χ4v) is 4.90. The molecule has 0 aliphatic carbocycles. The Bertz CT molecular complexity index is 994. The average molecular weight is 379 g/mol. The first-order chi connectivity index (χ1) is 13.1. The average Bonchev–Trinajstić information content (AvgIpc) is 3.41. The van der Waals surface area contributed by atoms with Crippen molar-refractivity contribution < 1.29 is 9.53 Å². The fraction of sp³-hybridized carbons (Fsp3) is 0.333. The number of aryl methyl sites for hydroxylation is 1. The Hall–Kier alpha value is -2.44. The quantitative estimate of drug-likeness (QED) is 0.682. The van der Waals surface area contributed by atoms with Crippen LogP contribution in [0.1, 0.15) is 26.8 Å². The number of rotatable bonds is 2. The molecule has 0 bridgehead atoms. The number of imidazole rings is 1. The number of thiophene rings is 1. The standard InChI is InChI=1S/C21H21N3O2S/c1-15-7-8-18(27-15)20(25)23-10-9-21(13-23)14-24-17(11-22-19(24)12-26-21)16-5-3-2-4-6-16/h2-8,11H,9-10,12-14H2,1H3/t21-/m1/s1. The molecule has 4 heterocycles. The first-order valence-electron chi connectivity index (χ1n) is 9.23. The lowest BCUT2D eigenvalue weighted by atomic mass is 10.0. The van der Waals surface area contributed by atoms with Gasteiger partial charge in [0.15, 0.2) is 0 Å². The Kier molecular flexibility index (Phi) is 3.91. The minimum absolute atomic E-state index is 0.119. The summed E-state index contributed by atoms with van der Waals surface area (Å²) in [6, 6.07) is 14.3. The van der Waals surface area contributed by atoms with E-state index in [1.54, 1.807) is 11.3 Å². The van der Waals surface area contributed by atoms with Crippen molar-refractivity contribution in [1.29, 1.82) is 0 Å². The molecule has 1 saturated heterocycles. The van der Waals surface area contributed by atoms with Gasteiger partial charge in [-0.15, -0.1) is 11.3 Å². The molecule has 2 aliphatic rings. The Labute approximate surface area is 162 Å². The highest BCUT2D eigenvalue weighted by molar-refractivity contribution is 7.13. The second-order valence-corrected chi connectivity index (χ2v) is 8.66. The second-order valence-electron chi connectivity index (χ2n) is 7.37. The highest BCUT2D eigenvalue weighted by atomic mass is 32.1. The summed E-state index contributed by atoms with van der Waals surface area (Å²) in [6.45, 7) is 4.63. The third-order valence-corrected chi connectivity index (χ3v) is 6.50. The molecule has 1 amide bonds. The van der Waals surface area contributed by atoms with Crippen LogP contribution < -0.4 is 0 Å². The van der Waals surface area contributed by atoms with Crippen LogP contribution in [-0.2, 0) is 17.9 Å². The Morgan fingerprint density at radius 3 is 2.81 bits per heavy atom. The summed E-state index contributed by atoms with van der Waals surface area (Å²) < 4.78 is 8.52. The van der Waals surface area contributed by atoms with Crippen molar-refractivity contribution in [1.82, 2.24) is 14.5 Å². The number of carbonyl (C=O) groups is 1. The van der Waals surface area contributed by atoms with E-state index >= 15 is 0 Å². The molecule has 138 valence electrons. The van der Waals surface area contributed by atoms with Gasteiger partial charge in [-0.05, 0) is 31.0 Å². The minimum atomic E-state index is -0.320. The number of aromatic nitrogens is 2. The number of benzene rings is 1. The van der Waals surface area contributed by atoms with Gasteiger partial charge in [-0.3, -0.25) is 4.79 Å². The Morgan fingerprint density at radius 1 is 1.19 bits per heavy atom. The molecule has 1 spiro atoms. The van der Waals surface area contributed by atoms with Crippen molar-refractivity contribution in [3.63, 3.8) is 0 Å². The van der Waals surface area contributed by atoms with E-state index < -0.39 is 0 Å². The largest absolute Gasteiger partial charge is 0.363 e. The third kappa shape index (κ3) is 2.89. The summed E-state index contributed by atoms with van der Waals surface area (Å²) in [7, 11) is 0. The van der Waals surface area contributed by atoms with E-state index in [2.05, 4.69) is 21.7 Å². The molecular formula is C21H21N3O2S. The second kappa shape index (κ2) is 6.32. The van der Waals surface area contributed by atoms with Crippen molar-refractivity contribution in [2.75, 3.05) is 13.1 Å². The predicted molar refractivity (Wildman–Crippen MR) is 105 cm³/mol. The molecule has 1 aromatic carbocycles. The normalized spacial score (nSPS) is 21.6. The van der Waals surface area contributed by atoms with Crippen LogP contribution in [0.3, 0.4) is 0 Å². The van der Waals surface area contributed by atoms with Crippen LogP contribution in [0.5, 0.6) is 0 Å². The van der Waals surface area contributed by atoms with Crippen LogP contribution in [0, 0.1) is 6.92 Å². The van der Waals surface area contributed by atoms with Gasteiger partial charge in [0.25, 0.3) is 5.91 Å². The Balaban J connectivity index is 1.39. The number of carbonyl (C=O) groups excluding carboxylic acids is 1. The topological polar surface area (TPSA) is 47.4 Å². The van der Waals surface area contributed by atoms with Crippen molar-refractivity contribution in [3.8, 4) is 11.3 Å². The van der Waals surface area contributed by atoms with E-state index in [0.717, 1.165) is 46.3 Å². The van der Waals surface area contributed by atoms with Crippen LogP contribution in [0.4, 0.5) is 0 Å². The molecule has 1 atom stereocenters. The van der Waals surface area contributed by atoms with Gasteiger partial charge in [-0.1, -0.05) is 30.3 Å². The lowest BCUT2D eigenvalue weighted by Gasteiger charge is -2.35. The third-order valence-electron chi connectivity index (χ3n) is 5.52. The molecule has 27 heavy (non-hydrogen) atoms. The van der Waals surface area contributed by atoms with Gasteiger partial charge in [0.05, 0.1) is 29.9 Å². The molecule has 0 N–H and O–H groups in total. The highest BCUT2D eigenvalue weighted by Crippen LogP contribution is 2.36. The number of amides is 1. The van der Waals surface area contributed by atoms with Gasteiger partial charge in [-0.25, -0.2) is 4.98 Å². The summed E-state index contributed by atoms with van der Waals surface area (Å²) in [6.07, 6.45) is 2.79. The molecule has 5 rings (SSSR count). The van der Waals surface area contributed by atoms with Crippen LogP contribution in [0.2, 0.25) is 0 Å². The molecular weight excluding hydrogens is 358 g/mol. The van der Waals surface area contributed by atoms with Crippen molar-refractivity contribution in [2.24, 2.45) is 0 Å². The number of likely N-dealkylation sites (tertiary alicyclic amines) is 1. The van der Waals surface area contributed by atoms with Gasteiger partial charge < -0.3 is 14.2 Å². The zero-order chi connectivity index (χ0) is 18.4. The highest BCUT2D eigenvalue weighted by Gasteiger charge is 2.44. The number of ether oxygens (including phenoxy) is 1. The van der Waals surface area contributed by atoms with Crippen LogP contribution in [0.25, 0.3) is 11.3 Å². The molecule has 5 nitrogen and oxygen atoms in total. The lowest BCUT2D eigenvalue weighted by molar-refractivity contribution is -0.0804. The summed E-state index contributed by atoms with van der Waals surface area (Å²) in [4.78, 5) is 21.3. The lowest BCUT2D eigenvalue weighted by Crippen LogP contribution is -2.45. The Morgan fingerprint density at radius 2 is 2.04 bits per heavy atom. The maximum Gasteiger partial charge on any atom is 0.264 e. The smallest absolute Gasteiger partial charge is 0.264 e. The van der Waals surface area contributed by atoms with Gasteiger partial charge >= 0.3 is 0 Å². The van der Waals surface area contributed by atoms with Gasteiger partial charge in [-0.2, -0.15) is 0 Å². The first-order valence-corrected chi connectivity index (χ1v) is 10.0. The van der Waals surface area contributed by atoms with Crippen molar-refractivity contribution in [2.45, 2.75) is 32.1 Å². The van der Waals surface area contributed by atoms with E-state index in [0.29, 0.717) is 13.2 Å². The SMILES string of the molecule is Cc1ccc(C(=O)N2CC[C@@]3(C2)Cn2c(-c4ccccc4)cnc2CO3)s1. The zero-order valence-corrected chi connectivity index (χ0v) is 16.0. The molecule has 6 heteroatoms. The van der Waals surface area contributed by atoms with E-state index in [9.17, 15) is 4.79 Å². The summed E-state index contributed by atoms with van der Waals surface area (Å²) in [5.41, 5.74) is 1.96. The predicted octanol–water partition coefficient (Wildman–Crippen LogP) is 3.74. The monoisotopic (exact) mass is 379 g/mol. The molecule has 1 fully saturated rings. The van der Waals surface area contributed by atoms with Gasteiger partial charge in [0, 0.05) is 11.4 Å². The summed E-state index contributed by atoms with van der Waals surface area (Å²) in [5, 5.41) is 0. The molecule has 2 aromatic heterocycles. The number of hydrogen-bond acceptors (Lipinski definition) is 4. The minimum Gasteiger partial charge on any atom is -0.363 e. The van der Waals surface area contributed by atoms with Crippen LogP contribution in [0.15, 0.2) is 48.7 Å². The number of fused-ring (bicyclic) bond motifs is 1. The van der Waals surface area contributed by atoms with Crippen LogP contribution >= 0.6 is 11.3 Å². The van der Waals surface area contributed by atoms with Gasteiger partial charge in [0.2, 0.25) is 0 Å². The summed E-state index contributed by atoms with van der Waals surface area (Å²) >= 11 is 1.56. The van der Waals surface area contributed by atoms with Gasteiger partial charge in [0.1, 0.15) is 18.0 Å². The molecule has 0 radical (unpaired) electrons. The maximum atomic E-state index is 12.8. The summed E-state index contributed by atoms with van der Waals surface area (Å²) in [5.74, 6) is 1.08. The van der Waals surface area contributed by atoms with E-state index in [1.807, 2.05) is 48.4 Å².